The van der Waals surface area contributed by atoms with Crippen molar-refractivity contribution in [2.45, 2.75) is 24.5 Å². The van der Waals surface area contributed by atoms with Gasteiger partial charge in [0, 0.05) is 17.5 Å². The van der Waals surface area contributed by atoms with Gasteiger partial charge in [0.15, 0.2) is 0 Å². The Bertz CT molecular complexity index is 1560. The van der Waals surface area contributed by atoms with E-state index >= 15 is 0 Å². The van der Waals surface area contributed by atoms with Crippen molar-refractivity contribution in [3.05, 3.63) is 97.1 Å². The van der Waals surface area contributed by atoms with Gasteiger partial charge in [-0.05, 0) is 29.5 Å². The summed E-state index contributed by atoms with van der Waals surface area (Å²) >= 11 is 0. The number of fused-ring (bicyclic) bond motifs is 6. The van der Waals surface area contributed by atoms with Gasteiger partial charge in [-0.1, -0.05) is 84.9 Å². The second kappa shape index (κ2) is 8.20. The standard InChI is InChI=1S/C30H24N4O3/c35-28-27-26-17-21(33(27)30(37)34(28)25-16-8-12-20-11-4-5-14-23(20)25)18-32(26)29(36)31-24-15-7-6-13-22(24)19-9-2-1-3-10-19/h1-16,21,26-27H,17-18H2,(H,31,36)/t21-,26?,27-/m1/s1. The number of piperazine rings is 1. The normalized spacial score (nSPS) is 22.2. The van der Waals surface area contributed by atoms with E-state index in [1.807, 2.05) is 97.1 Å². The molecule has 3 heterocycles. The Kier molecular flexibility index (Phi) is 4.79. The molecule has 3 atom stereocenters. The number of carbonyl (C=O) groups excluding carboxylic acids is 3. The molecule has 182 valence electrons. The maximum atomic E-state index is 13.7. The fourth-order valence-electron chi connectivity index (χ4n) is 6.16. The van der Waals surface area contributed by atoms with Crippen molar-refractivity contribution in [1.29, 1.82) is 0 Å². The van der Waals surface area contributed by atoms with Crippen LogP contribution in [0.5, 0.6) is 0 Å². The summed E-state index contributed by atoms with van der Waals surface area (Å²) in [4.78, 5) is 45.4. The van der Waals surface area contributed by atoms with E-state index < -0.39 is 6.04 Å². The number of hydrogen-bond acceptors (Lipinski definition) is 3. The molecule has 3 aliphatic rings. The van der Waals surface area contributed by atoms with E-state index in [9.17, 15) is 14.4 Å². The number of amides is 5. The van der Waals surface area contributed by atoms with Crippen molar-refractivity contribution in [2.75, 3.05) is 16.8 Å². The summed E-state index contributed by atoms with van der Waals surface area (Å²) in [5.41, 5.74) is 3.24. The van der Waals surface area contributed by atoms with E-state index in [1.54, 1.807) is 9.80 Å². The maximum absolute atomic E-state index is 13.7. The van der Waals surface area contributed by atoms with Gasteiger partial charge in [0.2, 0.25) is 0 Å². The van der Waals surface area contributed by atoms with Gasteiger partial charge >= 0.3 is 12.1 Å². The van der Waals surface area contributed by atoms with E-state index in [4.69, 9.17) is 0 Å². The Hall–Kier alpha value is -4.65. The van der Waals surface area contributed by atoms with Gasteiger partial charge in [0.25, 0.3) is 5.91 Å². The second-order valence-corrected chi connectivity index (χ2v) is 9.76. The van der Waals surface area contributed by atoms with Gasteiger partial charge < -0.3 is 15.1 Å². The van der Waals surface area contributed by atoms with Crippen molar-refractivity contribution in [3.8, 4) is 11.1 Å². The van der Waals surface area contributed by atoms with Crippen LogP contribution in [-0.2, 0) is 4.79 Å². The van der Waals surface area contributed by atoms with Gasteiger partial charge in [0.05, 0.1) is 23.5 Å². The van der Waals surface area contributed by atoms with Crippen LogP contribution >= 0.6 is 0 Å². The summed E-state index contributed by atoms with van der Waals surface area (Å²) in [6.07, 6.45) is 0.610. The minimum atomic E-state index is -0.666. The second-order valence-electron chi connectivity index (χ2n) is 9.76. The maximum Gasteiger partial charge on any atom is 0.332 e. The topological polar surface area (TPSA) is 73.0 Å². The molecule has 7 heteroatoms. The number of likely N-dealkylation sites (tertiary alicyclic amines) is 1. The van der Waals surface area contributed by atoms with E-state index in [0.29, 0.717) is 24.3 Å². The number of nitrogens with one attached hydrogen (secondary N) is 1. The van der Waals surface area contributed by atoms with E-state index in [1.165, 1.54) is 4.90 Å². The smallest absolute Gasteiger partial charge is 0.317 e. The molecule has 4 aromatic carbocycles. The predicted octanol–water partition coefficient (Wildman–Crippen LogP) is 5.33. The molecule has 5 amide bonds. The van der Waals surface area contributed by atoms with E-state index in [0.717, 1.165) is 21.9 Å². The molecule has 0 radical (unpaired) electrons. The SMILES string of the molecule is O=C1[C@H]2C3C[C@H](CN3C(=O)Nc3ccccc3-c3ccccc3)N2C(=O)N1c1cccc2ccccc12. The van der Waals surface area contributed by atoms with Crippen LogP contribution in [0.1, 0.15) is 6.42 Å². The van der Waals surface area contributed by atoms with Crippen LogP contribution < -0.4 is 10.2 Å². The average molecular weight is 489 g/mol. The third-order valence-corrected chi connectivity index (χ3v) is 7.79. The van der Waals surface area contributed by atoms with Crippen LogP contribution in [0.4, 0.5) is 21.0 Å². The van der Waals surface area contributed by atoms with Gasteiger partial charge in [-0.15, -0.1) is 0 Å². The Morgan fingerprint density at radius 3 is 2.41 bits per heavy atom. The van der Waals surface area contributed by atoms with Crippen LogP contribution in [0.2, 0.25) is 0 Å². The lowest BCUT2D eigenvalue weighted by atomic mass is 10.0. The Labute approximate surface area is 213 Å². The minimum Gasteiger partial charge on any atom is -0.317 e. The molecule has 0 aliphatic carbocycles. The number of imide groups is 1. The van der Waals surface area contributed by atoms with Gasteiger partial charge in [-0.25, -0.2) is 14.5 Å². The molecular weight excluding hydrogens is 464 g/mol. The summed E-state index contributed by atoms with van der Waals surface area (Å²) in [7, 11) is 0. The molecule has 3 saturated heterocycles. The monoisotopic (exact) mass is 488 g/mol. The van der Waals surface area contributed by atoms with Crippen LogP contribution in [0.25, 0.3) is 21.9 Å². The van der Waals surface area contributed by atoms with Gasteiger partial charge in [0.1, 0.15) is 6.04 Å². The molecule has 0 aromatic heterocycles. The number of anilines is 2. The Balaban J connectivity index is 1.17. The zero-order valence-corrected chi connectivity index (χ0v) is 20.0. The molecule has 0 spiro atoms. The molecule has 37 heavy (non-hydrogen) atoms. The number of benzene rings is 4. The molecule has 4 aromatic rings. The lowest BCUT2D eigenvalue weighted by molar-refractivity contribution is -0.120. The zero-order valence-electron chi connectivity index (χ0n) is 20.0. The number of rotatable bonds is 3. The van der Waals surface area contributed by atoms with Crippen molar-refractivity contribution in [3.63, 3.8) is 0 Å². The van der Waals surface area contributed by atoms with Crippen molar-refractivity contribution in [1.82, 2.24) is 9.80 Å². The quantitative estimate of drug-likeness (QED) is 0.396. The summed E-state index contributed by atoms with van der Waals surface area (Å²) in [5.74, 6) is -0.268. The molecule has 7 nitrogen and oxygen atoms in total. The molecule has 7 rings (SSSR count). The summed E-state index contributed by atoms with van der Waals surface area (Å²) in [6.45, 7) is 0.406. The Morgan fingerprint density at radius 2 is 1.54 bits per heavy atom. The number of urea groups is 2. The number of nitrogens with zero attached hydrogens (tertiary/aromatic N) is 3. The lowest BCUT2D eigenvalue weighted by Gasteiger charge is -2.35. The van der Waals surface area contributed by atoms with Crippen LogP contribution in [0.15, 0.2) is 97.1 Å². The highest BCUT2D eigenvalue weighted by atomic mass is 16.2. The largest absolute Gasteiger partial charge is 0.332 e. The first-order chi connectivity index (χ1) is 18.1. The Morgan fingerprint density at radius 1 is 0.811 bits per heavy atom. The predicted molar refractivity (Wildman–Crippen MR) is 142 cm³/mol. The van der Waals surface area contributed by atoms with Crippen LogP contribution in [-0.4, -0.2) is 52.4 Å². The first-order valence-electron chi connectivity index (χ1n) is 12.5. The third kappa shape index (κ3) is 3.24. The first-order valence-corrected chi connectivity index (χ1v) is 12.5. The molecule has 3 aliphatic heterocycles. The summed E-state index contributed by atoms with van der Waals surface area (Å²) in [5, 5.41) is 4.89. The number of hydrogen-bond donors (Lipinski definition) is 1. The molecular formula is C30H24N4O3. The molecule has 1 N–H and O–H groups in total. The van der Waals surface area contributed by atoms with Crippen molar-refractivity contribution in [2.24, 2.45) is 0 Å². The fourth-order valence-corrected chi connectivity index (χ4v) is 6.16. The van der Waals surface area contributed by atoms with Crippen molar-refractivity contribution >= 4 is 40.1 Å². The number of para-hydroxylation sites is 1. The van der Waals surface area contributed by atoms with Crippen LogP contribution in [0.3, 0.4) is 0 Å². The zero-order chi connectivity index (χ0) is 25.1. The highest BCUT2D eigenvalue weighted by Gasteiger charge is 2.63. The lowest BCUT2D eigenvalue weighted by Crippen LogP contribution is -2.55. The highest BCUT2D eigenvalue weighted by molar-refractivity contribution is 6.25. The molecule has 0 saturated carbocycles. The number of carbonyl (C=O) groups is 3. The van der Waals surface area contributed by atoms with Crippen molar-refractivity contribution < 1.29 is 14.4 Å². The van der Waals surface area contributed by atoms with Gasteiger partial charge in [-0.2, -0.15) is 0 Å². The average Bonchev–Trinajstić information content (AvgIpc) is 3.60. The molecule has 2 bridgehead atoms. The first kappa shape index (κ1) is 21.6. The highest BCUT2D eigenvalue weighted by Crippen LogP contribution is 2.43. The van der Waals surface area contributed by atoms with Gasteiger partial charge in [-0.3, -0.25) is 4.79 Å². The summed E-state index contributed by atoms with van der Waals surface area (Å²) < 4.78 is 0. The van der Waals surface area contributed by atoms with Crippen LogP contribution in [0, 0.1) is 0 Å². The summed E-state index contributed by atoms with van der Waals surface area (Å²) in [6, 6.07) is 29.2. The minimum absolute atomic E-state index is 0.179. The molecule has 3 fully saturated rings. The van der Waals surface area contributed by atoms with E-state index in [2.05, 4.69) is 5.32 Å². The third-order valence-electron chi connectivity index (χ3n) is 7.79. The molecule has 1 unspecified atom stereocenters. The fraction of sp³-hybridized carbons (Fsp3) is 0.167. The van der Waals surface area contributed by atoms with E-state index in [-0.39, 0.29) is 30.1 Å².